The second-order valence-electron chi connectivity index (χ2n) is 3.10. The molecule has 1 radical (unpaired) electrons. The van der Waals surface area contributed by atoms with Crippen LogP contribution in [-0.2, 0) is 44.5 Å². The van der Waals surface area contributed by atoms with Crippen molar-refractivity contribution in [3.05, 3.63) is 60.7 Å². The molecule has 0 heterocycles. The van der Waals surface area contributed by atoms with Gasteiger partial charge in [0.15, 0.2) is 0 Å². The van der Waals surface area contributed by atoms with Crippen LogP contribution in [0.15, 0.2) is 70.5 Å². The van der Waals surface area contributed by atoms with Gasteiger partial charge in [-0.1, -0.05) is 36.4 Å². The van der Waals surface area contributed by atoms with Gasteiger partial charge < -0.3 is 9.11 Å². The summed E-state index contributed by atoms with van der Waals surface area (Å²) in [4.78, 5) is 0.662. The van der Waals surface area contributed by atoms with Crippen molar-refractivity contribution in [3.8, 4) is 0 Å². The maximum atomic E-state index is 10.2. The SMILES string of the molecule is O=S([O-])c1ccccc1.O=S([O-])c1ccccc1.[Ag]. The van der Waals surface area contributed by atoms with Gasteiger partial charge in [0.1, 0.15) is 0 Å². The van der Waals surface area contributed by atoms with E-state index in [4.69, 9.17) is 0 Å². The Bertz CT molecular complexity index is 470. The minimum Gasteiger partial charge on any atom is -0.768 e. The molecule has 7 heteroatoms. The Balaban J connectivity index is 0.000000324. The first-order chi connectivity index (χ1) is 8.61. The molecule has 0 N–H and O–H groups in total. The van der Waals surface area contributed by atoms with Gasteiger partial charge in [-0.05, 0) is 46.4 Å². The third-order valence-corrected chi connectivity index (χ3v) is 3.19. The average molecular weight is 390 g/mol. The quantitative estimate of drug-likeness (QED) is 0.579. The van der Waals surface area contributed by atoms with Crippen molar-refractivity contribution in [2.75, 3.05) is 0 Å². The first kappa shape index (κ1) is 18.4. The van der Waals surface area contributed by atoms with Crippen LogP contribution in [0.4, 0.5) is 0 Å². The molecule has 0 saturated heterocycles. The molecule has 0 spiro atoms. The van der Waals surface area contributed by atoms with Gasteiger partial charge in [0.05, 0.1) is 0 Å². The van der Waals surface area contributed by atoms with Crippen molar-refractivity contribution < 1.29 is 39.9 Å². The van der Waals surface area contributed by atoms with E-state index in [1.165, 1.54) is 0 Å². The molecule has 0 bridgehead atoms. The van der Waals surface area contributed by atoms with E-state index in [1.807, 2.05) is 0 Å². The van der Waals surface area contributed by atoms with Crippen LogP contribution in [0.5, 0.6) is 0 Å². The van der Waals surface area contributed by atoms with E-state index >= 15 is 0 Å². The van der Waals surface area contributed by atoms with Crippen molar-refractivity contribution in [2.24, 2.45) is 0 Å². The molecule has 0 aliphatic rings. The zero-order valence-corrected chi connectivity index (χ0v) is 12.6. The Morgan fingerprint density at radius 1 is 0.632 bits per heavy atom. The second kappa shape index (κ2) is 10.2. The molecule has 2 rings (SSSR count). The monoisotopic (exact) mass is 389 g/mol. The summed E-state index contributed by atoms with van der Waals surface area (Å²) in [6.45, 7) is 0. The van der Waals surface area contributed by atoms with E-state index in [-0.39, 0.29) is 22.4 Å². The van der Waals surface area contributed by atoms with Crippen LogP contribution >= 0.6 is 0 Å². The molecule has 19 heavy (non-hydrogen) atoms. The summed E-state index contributed by atoms with van der Waals surface area (Å²) in [6.07, 6.45) is 0. The number of hydrogen-bond donors (Lipinski definition) is 0. The van der Waals surface area contributed by atoms with Gasteiger partial charge in [-0.2, -0.15) is 0 Å². The van der Waals surface area contributed by atoms with Crippen molar-refractivity contribution in [1.82, 2.24) is 0 Å². The molecule has 0 aliphatic heterocycles. The molecule has 2 atom stereocenters. The van der Waals surface area contributed by atoms with Crippen molar-refractivity contribution in [3.63, 3.8) is 0 Å². The average Bonchev–Trinajstić information content (AvgIpc) is 2.41. The normalized spacial score (nSPS) is 12.3. The van der Waals surface area contributed by atoms with Crippen molar-refractivity contribution >= 4 is 22.2 Å². The van der Waals surface area contributed by atoms with Gasteiger partial charge in [0.25, 0.3) is 0 Å². The summed E-state index contributed by atoms with van der Waals surface area (Å²) in [6, 6.07) is 16.5. The van der Waals surface area contributed by atoms with Gasteiger partial charge >= 0.3 is 0 Å². The predicted octanol–water partition coefficient (Wildman–Crippen LogP) is 1.85. The fraction of sp³-hybridized carbons (Fsp3) is 0. The first-order valence-corrected chi connectivity index (χ1v) is 7.05. The summed E-state index contributed by atoms with van der Waals surface area (Å²) in [5.41, 5.74) is 0. The van der Waals surface area contributed by atoms with Crippen molar-refractivity contribution in [2.45, 2.75) is 9.79 Å². The summed E-state index contributed by atoms with van der Waals surface area (Å²) < 4.78 is 40.8. The summed E-state index contributed by atoms with van der Waals surface area (Å²) >= 11 is -4.16. The predicted molar refractivity (Wildman–Crippen MR) is 67.3 cm³/mol. The first-order valence-electron chi connectivity index (χ1n) is 4.90. The molecule has 2 aromatic carbocycles. The van der Waals surface area contributed by atoms with Gasteiger partial charge in [-0.25, -0.2) is 0 Å². The van der Waals surface area contributed by atoms with Gasteiger partial charge in [0.2, 0.25) is 0 Å². The third-order valence-electron chi connectivity index (χ3n) is 1.87. The van der Waals surface area contributed by atoms with Crippen LogP contribution in [0, 0.1) is 0 Å². The zero-order valence-electron chi connectivity index (χ0n) is 9.52. The maximum Gasteiger partial charge on any atom is 0.0248 e. The van der Waals surface area contributed by atoms with Crippen LogP contribution in [0.3, 0.4) is 0 Å². The Labute approximate surface area is 132 Å². The molecule has 4 nitrogen and oxygen atoms in total. The zero-order chi connectivity index (χ0) is 13.4. The fourth-order valence-corrected chi connectivity index (χ4v) is 1.82. The van der Waals surface area contributed by atoms with E-state index in [0.29, 0.717) is 9.79 Å². The summed E-state index contributed by atoms with van der Waals surface area (Å²) in [5, 5.41) is 0. The van der Waals surface area contributed by atoms with Crippen molar-refractivity contribution in [1.29, 1.82) is 0 Å². The minimum absolute atomic E-state index is 0. The summed E-state index contributed by atoms with van der Waals surface area (Å²) in [7, 11) is 0. The molecule has 107 valence electrons. The van der Waals surface area contributed by atoms with E-state index in [2.05, 4.69) is 0 Å². The Morgan fingerprint density at radius 2 is 0.895 bits per heavy atom. The molecule has 0 fully saturated rings. The van der Waals surface area contributed by atoms with Crippen LogP contribution in [0.25, 0.3) is 0 Å². The van der Waals surface area contributed by atoms with E-state index in [9.17, 15) is 17.5 Å². The van der Waals surface area contributed by atoms with Crippen LogP contribution in [-0.4, -0.2) is 17.5 Å². The summed E-state index contributed by atoms with van der Waals surface area (Å²) in [5.74, 6) is 0. The Morgan fingerprint density at radius 3 is 1.05 bits per heavy atom. The fourth-order valence-electron chi connectivity index (χ4n) is 1.06. The Kier molecular flexibility index (Phi) is 9.90. The van der Waals surface area contributed by atoms with E-state index in [1.54, 1.807) is 60.7 Å². The third kappa shape index (κ3) is 7.54. The molecular formula is C12H10AgO4S2-2. The molecular weight excluding hydrogens is 380 g/mol. The molecule has 0 aliphatic carbocycles. The molecule has 0 saturated carbocycles. The number of rotatable bonds is 2. The molecule has 2 unspecified atom stereocenters. The van der Waals surface area contributed by atoms with E-state index < -0.39 is 22.2 Å². The molecule has 0 aromatic heterocycles. The standard InChI is InChI=1S/2C6H6O2S.Ag/c2*7-9(8)6-4-2-1-3-5-6;/h2*1-5H,(H,7,8);/p-2. The van der Waals surface area contributed by atoms with Gasteiger partial charge in [-0.15, -0.1) is 0 Å². The smallest absolute Gasteiger partial charge is 0.0248 e. The van der Waals surface area contributed by atoms with Crippen LogP contribution in [0.2, 0.25) is 0 Å². The maximum absolute atomic E-state index is 10.2. The van der Waals surface area contributed by atoms with E-state index in [0.717, 1.165) is 0 Å². The number of hydrogen-bond acceptors (Lipinski definition) is 4. The van der Waals surface area contributed by atoms with Gasteiger partial charge in [-0.3, -0.25) is 8.42 Å². The Hall–Kier alpha value is -0.600. The topological polar surface area (TPSA) is 80.3 Å². The van der Waals surface area contributed by atoms with Crippen LogP contribution in [0.1, 0.15) is 0 Å². The molecule has 2 aromatic rings. The number of benzene rings is 2. The largest absolute Gasteiger partial charge is 0.768 e. The molecule has 0 amide bonds. The minimum atomic E-state index is -2.08. The van der Waals surface area contributed by atoms with Gasteiger partial charge in [0, 0.05) is 32.2 Å². The second-order valence-corrected chi connectivity index (χ2v) is 4.98. The van der Waals surface area contributed by atoms with Crippen LogP contribution < -0.4 is 0 Å².